The third-order valence-electron chi connectivity index (χ3n) is 4.08. The van der Waals surface area contributed by atoms with Crippen molar-refractivity contribution in [3.63, 3.8) is 0 Å². The van der Waals surface area contributed by atoms with Crippen LogP contribution in [0.15, 0.2) is 48.5 Å². The second-order valence-electron chi connectivity index (χ2n) is 6.06. The fraction of sp³-hybridized carbons (Fsp3) is 0.158. The van der Waals surface area contributed by atoms with Crippen molar-refractivity contribution in [1.82, 2.24) is 9.99 Å². The molecular formula is C19H17N3O6. The molecule has 9 nitrogen and oxygen atoms in total. The van der Waals surface area contributed by atoms with Crippen LogP contribution in [0.25, 0.3) is 21.8 Å². The monoisotopic (exact) mass is 383 g/mol. The van der Waals surface area contributed by atoms with Crippen LogP contribution >= 0.6 is 0 Å². The van der Waals surface area contributed by atoms with E-state index < -0.39 is 37.5 Å². The van der Waals surface area contributed by atoms with E-state index in [0.29, 0.717) is 27.5 Å². The van der Waals surface area contributed by atoms with E-state index in [4.69, 9.17) is 0 Å². The molecule has 0 bridgehead atoms. The smallest absolute Gasteiger partial charge is 0.324 e. The van der Waals surface area contributed by atoms with E-state index >= 15 is 0 Å². The number of aliphatic carboxylic acids is 3. The zero-order valence-corrected chi connectivity index (χ0v) is 14.6. The maximum absolute atomic E-state index is 11.6. The third kappa shape index (κ3) is 3.99. The molecule has 3 rings (SSSR count). The molecule has 0 aliphatic heterocycles. The summed E-state index contributed by atoms with van der Waals surface area (Å²) in [4.78, 5) is 38.7. The van der Waals surface area contributed by atoms with Gasteiger partial charge >= 0.3 is 17.9 Å². The average molecular weight is 383 g/mol. The molecule has 28 heavy (non-hydrogen) atoms. The number of rotatable bonds is 8. The molecule has 0 radical (unpaired) electrons. The number of hydrogen-bond donors (Lipinski definition) is 3. The summed E-state index contributed by atoms with van der Waals surface area (Å²) in [5.74, 6) is -3.79. The summed E-state index contributed by atoms with van der Waals surface area (Å²) >= 11 is 0. The zero-order chi connectivity index (χ0) is 20.3. The molecule has 1 aromatic heterocycles. The molecule has 0 saturated heterocycles. The molecule has 2 aromatic carbocycles. The molecule has 0 aliphatic rings. The van der Waals surface area contributed by atoms with Crippen LogP contribution in [0.3, 0.4) is 0 Å². The highest BCUT2D eigenvalue weighted by atomic mass is 16.4. The molecule has 0 atom stereocenters. The van der Waals surface area contributed by atoms with E-state index in [1.165, 1.54) is 5.01 Å². The van der Waals surface area contributed by atoms with Gasteiger partial charge in [0.05, 0.1) is 16.7 Å². The van der Waals surface area contributed by atoms with Gasteiger partial charge in [0.2, 0.25) is 0 Å². The number of carbonyl (C=O) groups is 3. The first-order valence-corrected chi connectivity index (χ1v) is 8.32. The van der Waals surface area contributed by atoms with Gasteiger partial charge < -0.3 is 15.3 Å². The lowest BCUT2D eigenvalue weighted by atomic mass is 10.1. The molecule has 0 spiro atoms. The highest BCUT2D eigenvalue weighted by molar-refractivity contribution is 6.08. The number of nitrogens with zero attached hydrogens (tertiary/aromatic N) is 3. The molecule has 144 valence electrons. The van der Waals surface area contributed by atoms with Gasteiger partial charge in [-0.25, -0.2) is 4.98 Å². The Kier molecular flexibility index (Phi) is 5.37. The van der Waals surface area contributed by atoms with Gasteiger partial charge in [0.1, 0.15) is 19.6 Å². The molecule has 3 N–H and O–H groups in total. The van der Waals surface area contributed by atoms with E-state index in [1.54, 1.807) is 48.5 Å². The summed E-state index contributed by atoms with van der Waals surface area (Å²) in [5.41, 5.74) is 1.56. The summed E-state index contributed by atoms with van der Waals surface area (Å²) in [6.07, 6.45) is 0. The molecule has 0 aliphatic carbocycles. The van der Waals surface area contributed by atoms with Crippen molar-refractivity contribution >= 4 is 45.4 Å². The lowest BCUT2D eigenvalue weighted by molar-refractivity contribution is -0.144. The van der Waals surface area contributed by atoms with Gasteiger partial charge in [-0.05, 0) is 12.1 Å². The molecular weight excluding hydrogens is 366 g/mol. The number of hydrazine groups is 1. The Hall–Kier alpha value is -3.72. The van der Waals surface area contributed by atoms with Crippen LogP contribution in [0.4, 0.5) is 5.69 Å². The molecule has 0 saturated carbocycles. The van der Waals surface area contributed by atoms with Gasteiger partial charge in [-0.3, -0.25) is 19.4 Å². The second kappa shape index (κ2) is 7.89. The first kappa shape index (κ1) is 19.1. The first-order chi connectivity index (χ1) is 13.4. The highest BCUT2D eigenvalue weighted by Gasteiger charge is 2.27. The molecule has 9 heteroatoms. The van der Waals surface area contributed by atoms with Gasteiger partial charge in [-0.1, -0.05) is 36.4 Å². The molecule has 0 amide bonds. The van der Waals surface area contributed by atoms with Gasteiger partial charge in [-0.15, -0.1) is 0 Å². The Morgan fingerprint density at radius 1 is 0.714 bits per heavy atom. The fourth-order valence-corrected chi connectivity index (χ4v) is 3.08. The Bertz CT molecular complexity index is 998. The van der Waals surface area contributed by atoms with Crippen LogP contribution in [0, 0.1) is 0 Å². The van der Waals surface area contributed by atoms with Crippen LogP contribution in [0.1, 0.15) is 0 Å². The van der Waals surface area contributed by atoms with E-state index in [2.05, 4.69) is 4.98 Å². The standard InChI is InChI=1S/C19H17N3O6/c23-16(24)9-21(10-17(25)26)22(11-18(27)28)19-12-5-1-3-7-14(12)20-15-8-4-2-6-13(15)19/h1-8H,9-11H2,(H,23,24)(H,25,26)(H,27,28). The van der Waals surface area contributed by atoms with E-state index in [0.717, 1.165) is 5.01 Å². The second-order valence-corrected chi connectivity index (χ2v) is 6.06. The van der Waals surface area contributed by atoms with E-state index in [1.807, 2.05) is 0 Å². The van der Waals surface area contributed by atoms with E-state index in [9.17, 15) is 29.7 Å². The maximum Gasteiger partial charge on any atom is 0.324 e. The SMILES string of the molecule is O=C(O)CN(CC(=O)O)N(CC(=O)O)c1c2ccccc2nc2ccccc12. The predicted octanol–water partition coefficient (Wildman–Crippen LogP) is 1.67. The van der Waals surface area contributed by atoms with Gasteiger partial charge in [0.15, 0.2) is 0 Å². The normalized spacial score (nSPS) is 11.0. The van der Waals surface area contributed by atoms with Gasteiger partial charge in [-0.2, -0.15) is 5.01 Å². The lowest BCUT2D eigenvalue weighted by Gasteiger charge is -2.34. The minimum absolute atomic E-state index is 0.395. The zero-order valence-electron chi connectivity index (χ0n) is 14.6. The van der Waals surface area contributed by atoms with Crippen LogP contribution in [-0.4, -0.2) is 62.9 Å². The van der Waals surface area contributed by atoms with Crippen molar-refractivity contribution in [2.45, 2.75) is 0 Å². The first-order valence-electron chi connectivity index (χ1n) is 8.32. The van der Waals surface area contributed by atoms with Crippen molar-refractivity contribution < 1.29 is 29.7 Å². The molecule has 1 heterocycles. The fourth-order valence-electron chi connectivity index (χ4n) is 3.08. The maximum atomic E-state index is 11.6. The van der Waals surface area contributed by atoms with E-state index in [-0.39, 0.29) is 0 Å². The number of para-hydroxylation sites is 2. The van der Waals surface area contributed by atoms with Gasteiger partial charge in [0.25, 0.3) is 0 Å². The quantitative estimate of drug-likeness (QED) is 0.392. The number of carboxylic acids is 3. The number of aromatic nitrogens is 1. The number of fused-ring (bicyclic) bond motifs is 2. The Morgan fingerprint density at radius 3 is 1.57 bits per heavy atom. The highest BCUT2D eigenvalue weighted by Crippen LogP contribution is 2.34. The van der Waals surface area contributed by atoms with Crippen molar-refractivity contribution in [1.29, 1.82) is 0 Å². The number of benzene rings is 2. The number of pyridine rings is 1. The van der Waals surface area contributed by atoms with Gasteiger partial charge in [0, 0.05) is 10.8 Å². The average Bonchev–Trinajstić information content (AvgIpc) is 2.63. The van der Waals surface area contributed by atoms with Crippen molar-refractivity contribution in [3.05, 3.63) is 48.5 Å². The predicted molar refractivity (Wildman–Crippen MR) is 101 cm³/mol. The van der Waals surface area contributed by atoms with Crippen LogP contribution in [0.2, 0.25) is 0 Å². The summed E-state index contributed by atoms with van der Waals surface area (Å²) in [5, 5.41) is 31.2. The van der Waals surface area contributed by atoms with Crippen LogP contribution < -0.4 is 5.01 Å². The summed E-state index contributed by atoms with van der Waals surface area (Å²) in [7, 11) is 0. The molecule has 0 unspecified atom stereocenters. The minimum atomic E-state index is -1.28. The Balaban J connectivity index is 2.31. The van der Waals surface area contributed by atoms with Crippen molar-refractivity contribution in [2.24, 2.45) is 0 Å². The molecule has 3 aromatic rings. The Morgan fingerprint density at radius 2 is 1.14 bits per heavy atom. The summed E-state index contributed by atoms with van der Waals surface area (Å²) < 4.78 is 0. The molecule has 0 fully saturated rings. The van der Waals surface area contributed by atoms with Crippen LogP contribution in [0.5, 0.6) is 0 Å². The topological polar surface area (TPSA) is 131 Å². The lowest BCUT2D eigenvalue weighted by Crippen LogP contribution is -2.50. The number of hydrogen-bond acceptors (Lipinski definition) is 6. The Labute approximate surface area is 159 Å². The van der Waals surface area contributed by atoms with Crippen LogP contribution in [-0.2, 0) is 14.4 Å². The summed E-state index contributed by atoms with van der Waals surface area (Å²) in [6.45, 7) is -1.96. The van der Waals surface area contributed by atoms with Crippen molar-refractivity contribution in [2.75, 3.05) is 24.6 Å². The largest absolute Gasteiger partial charge is 0.480 e. The minimum Gasteiger partial charge on any atom is -0.480 e. The third-order valence-corrected chi connectivity index (χ3v) is 4.08. The number of anilines is 1. The number of carboxylic acid groups (broad SMARTS) is 3. The van der Waals surface area contributed by atoms with Crippen molar-refractivity contribution in [3.8, 4) is 0 Å². The summed E-state index contributed by atoms with van der Waals surface area (Å²) in [6, 6.07) is 14.0.